The van der Waals surface area contributed by atoms with E-state index in [-0.39, 0.29) is 6.09 Å². The highest BCUT2D eigenvalue weighted by molar-refractivity contribution is 9.10. The summed E-state index contributed by atoms with van der Waals surface area (Å²) >= 11 is 3.36. The Hall–Kier alpha value is -1.14. The number of aromatic nitrogens is 1. The van der Waals surface area contributed by atoms with E-state index in [1.807, 2.05) is 37.8 Å². The molecule has 0 spiro atoms. The van der Waals surface area contributed by atoms with Gasteiger partial charge in [0, 0.05) is 25.9 Å². The fourth-order valence-electron chi connectivity index (χ4n) is 2.99. The molecule has 0 bridgehead atoms. The predicted octanol–water partition coefficient (Wildman–Crippen LogP) is 4.79. The summed E-state index contributed by atoms with van der Waals surface area (Å²) in [6.07, 6.45) is 5.91. The predicted molar refractivity (Wildman–Crippen MR) is 101 cm³/mol. The van der Waals surface area contributed by atoms with Crippen LogP contribution in [-0.4, -0.2) is 41.3 Å². The molecule has 2 heterocycles. The molecule has 1 amide bonds. The van der Waals surface area contributed by atoms with Crippen molar-refractivity contribution >= 4 is 22.0 Å². The molecule has 1 aliphatic rings. The molecule has 0 N–H and O–H groups in total. The average Bonchev–Trinajstić information content (AvgIpc) is 2.53. The van der Waals surface area contributed by atoms with E-state index < -0.39 is 5.60 Å². The Morgan fingerprint density at radius 3 is 2.96 bits per heavy atom. The molecule has 25 heavy (non-hydrogen) atoms. The zero-order valence-corrected chi connectivity index (χ0v) is 17.0. The highest BCUT2D eigenvalue weighted by atomic mass is 79.9. The lowest BCUT2D eigenvalue weighted by atomic mass is 9.94. The Kier molecular flexibility index (Phi) is 7.69. The Bertz CT molecular complexity index is 560. The largest absolute Gasteiger partial charge is 0.444 e. The lowest BCUT2D eigenvalue weighted by molar-refractivity contribution is 0.0155. The standard InChI is InChI=1S/C19H29BrN2O3/c1-19(2,3)25-18(23)22-10-4-6-15(13-22)7-5-11-24-14-16-8-9-21-17(20)12-16/h8-9,12,15H,4-7,10-11,13-14H2,1-3H3. The summed E-state index contributed by atoms with van der Waals surface area (Å²) in [5.74, 6) is 0.542. The maximum atomic E-state index is 12.2. The van der Waals surface area contributed by atoms with Gasteiger partial charge in [-0.3, -0.25) is 0 Å². The summed E-state index contributed by atoms with van der Waals surface area (Å²) in [7, 11) is 0. The second-order valence-corrected chi connectivity index (χ2v) is 8.43. The van der Waals surface area contributed by atoms with Crippen LogP contribution in [-0.2, 0) is 16.1 Å². The smallest absolute Gasteiger partial charge is 0.410 e. The molecule has 140 valence electrons. The second-order valence-electron chi connectivity index (χ2n) is 7.62. The number of hydrogen-bond acceptors (Lipinski definition) is 4. The van der Waals surface area contributed by atoms with Crippen LogP contribution in [0.3, 0.4) is 0 Å². The normalized spacial score (nSPS) is 18.2. The van der Waals surface area contributed by atoms with Crippen molar-refractivity contribution in [2.45, 2.75) is 58.7 Å². The number of carbonyl (C=O) groups excluding carboxylic acids is 1. The first-order valence-electron chi connectivity index (χ1n) is 8.99. The monoisotopic (exact) mass is 412 g/mol. The van der Waals surface area contributed by atoms with Gasteiger partial charge in [0.05, 0.1) is 6.61 Å². The van der Waals surface area contributed by atoms with Crippen molar-refractivity contribution < 1.29 is 14.3 Å². The quantitative estimate of drug-likeness (QED) is 0.497. The molecule has 2 rings (SSSR count). The van der Waals surface area contributed by atoms with Gasteiger partial charge in [-0.15, -0.1) is 0 Å². The van der Waals surface area contributed by atoms with Gasteiger partial charge in [0.2, 0.25) is 0 Å². The highest BCUT2D eigenvalue weighted by Gasteiger charge is 2.27. The molecule has 1 atom stereocenters. The van der Waals surface area contributed by atoms with Crippen molar-refractivity contribution in [1.29, 1.82) is 0 Å². The Balaban J connectivity index is 1.64. The van der Waals surface area contributed by atoms with Crippen LogP contribution < -0.4 is 0 Å². The van der Waals surface area contributed by atoms with Gasteiger partial charge in [-0.25, -0.2) is 9.78 Å². The molecule has 1 saturated heterocycles. The first kappa shape index (κ1) is 20.2. The maximum absolute atomic E-state index is 12.2. The first-order valence-corrected chi connectivity index (χ1v) is 9.79. The van der Waals surface area contributed by atoms with Crippen LogP contribution in [0.25, 0.3) is 0 Å². The van der Waals surface area contributed by atoms with Gasteiger partial charge in [0.1, 0.15) is 10.2 Å². The minimum atomic E-state index is -0.431. The molecule has 6 heteroatoms. The summed E-state index contributed by atoms with van der Waals surface area (Å²) in [4.78, 5) is 18.2. The minimum Gasteiger partial charge on any atom is -0.444 e. The fraction of sp³-hybridized carbons (Fsp3) is 0.684. The molecular formula is C19H29BrN2O3. The lowest BCUT2D eigenvalue weighted by Crippen LogP contribution is -2.42. The maximum Gasteiger partial charge on any atom is 0.410 e. The van der Waals surface area contributed by atoms with Crippen molar-refractivity contribution in [1.82, 2.24) is 9.88 Å². The van der Waals surface area contributed by atoms with Crippen LogP contribution in [0.15, 0.2) is 22.9 Å². The number of ether oxygens (including phenoxy) is 2. The van der Waals surface area contributed by atoms with Crippen LogP contribution in [0.4, 0.5) is 4.79 Å². The van der Waals surface area contributed by atoms with Crippen molar-refractivity contribution in [2.75, 3.05) is 19.7 Å². The third-order valence-electron chi connectivity index (χ3n) is 4.13. The number of likely N-dealkylation sites (tertiary alicyclic amines) is 1. The van der Waals surface area contributed by atoms with Gasteiger partial charge in [-0.2, -0.15) is 0 Å². The Morgan fingerprint density at radius 1 is 1.44 bits per heavy atom. The Morgan fingerprint density at radius 2 is 2.24 bits per heavy atom. The molecule has 1 fully saturated rings. The van der Waals surface area contributed by atoms with Gasteiger partial charge in [0.25, 0.3) is 0 Å². The number of rotatable bonds is 6. The van der Waals surface area contributed by atoms with Crippen molar-refractivity contribution in [3.05, 3.63) is 28.5 Å². The summed E-state index contributed by atoms with van der Waals surface area (Å²) in [5.41, 5.74) is 0.690. The topological polar surface area (TPSA) is 51.7 Å². The van der Waals surface area contributed by atoms with Crippen molar-refractivity contribution in [3.63, 3.8) is 0 Å². The fourth-order valence-corrected chi connectivity index (χ4v) is 3.40. The van der Waals surface area contributed by atoms with E-state index in [0.29, 0.717) is 12.5 Å². The van der Waals surface area contributed by atoms with E-state index in [9.17, 15) is 4.79 Å². The number of piperidine rings is 1. The van der Waals surface area contributed by atoms with E-state index in [4.69, 9.17) is 9.47 Å². The van der Waals surface area contributed by atoms with Gasteiger partial charge < -0.3 is 14.4 Å². The molecule has 1 aliphatic heterocycles. The number of hydrogen-bond donors (Lipinski definition) is 0. The SMILES string of the molecule is CC(C)(C)OC(=O)N1CCCC(CCCOCc2ccnc(Br)c2)C1. The molecular weight excluding hydrogens is 384 g/mol. The van der Waals surface area contributed by atoms with Crippen LogP contribution in [0.5, 0.6) is 0 Å². The molecule has 1 unspecified atom stereocenters. The summed E-state index contributed by atoms with van der Waals surface area (Å²) in [5, 5.41) is 0. The number of halogens is 1. The first-order chi connectivity index (χ1) is 11.8. The summed E-state index contributed by atoms with van der Waals surface area (Å²) in [6.45, 7) is 8.67. The van der Waals surface area contributed by atoms with E-state index in [0.717, 1.165) is 49.1 Å². The highest BCUT2D eigenvalue weighted by Crippen LogP contribution is 2.23. The minimum absolute atomic E-state index is 0.184. The molecule has 5 nitrogen and oxygen atoms in total. The zero-order chi connectivity index (χ0) is 18.3. The van der Waals surface area contributed by atoms with Crippen LogP contribution in [0.2, 0.25) is 0 Å². The average molecular weight is 413 g/mol. The van der Waals surface area contributed by atoms with Crippen LogP contribution in [0, 0.1) is 5.92 Å². The number of amides is 1. The van der Waals surface area contributed by atoms with Gasteiger partial charge in [0.15, 0.2) is 0 Å². The lowest BCUT2D eigenvalue weighted by Gasteiger charge is -2.34. The Labute approximate surface area is 159 Å². The van der Waals surface area contributed by atoms with Gasteiger partial charge >= 0.3 is 6.09 Å². The third-order valence-corrected chi connectivity index (χ3v) is 4.57. The van der Waals surface area contributed by atoms with Crippen LogP contribution >= 0.6 is 15.9 Å². The third kappa shape index (κ3) is 7.74. The number of nitrogens with zero attached hydrogens (tertiary/aromatic N) is 2. The number of carbonyl (C=O) groups is 1. The van der Waals surface area contributed by atoms with E-state index in [1.54, 1.807) is 6.20 Å². The molecule has 0 aliphatic carbocycles. The summed E-state index contributed by atoms with van der Waals surface area (Å²) in [6, 6.07) is 3.93. The molecule has 0 radical (unpaired) electrons. The molecule has 0 aromatic carbocycles. The van der Waals surface area contributed by atoms with Gasteiger partial charge in [-0.05, 0) is 86.0 Å². The van der Waals surface area contributed by atoms with Gasteiger partial charge in [-0.1, -0.05) is 0 Å². The molecule has 1 aromatic rings. The summed E-state index contributed by atoms with van der Waals surface area (Å²) < 4.78 is 12.1. The molecule has 1 aromatic heterocycles. The van der Waals surface area contributed by atoms with Crippen LogP contribution in [0.1, 0.15) is 52.0 Å². The van der Waals surface area contributed by atoms with E-state index in [1.165, 1.54) is 6.42 Å². The van der Waals surface area contributed by atoms with Crippen molar-refractivity contribution in [2.24, 2.45) is 5.92 Å². The van der Waals surface area contributed by atoms with E-state index >= 15 is 0 Å². The number of pyridine rings is 1. The molecule has 0 saturated carbocycles. The van der Waals surface area contributed by atoms with E-state index in [2.05, 4.69) is 20.9 Å². The zero-order valence-electron chi connectivity index (χ0n) is 15.5. The van der Waals surface area contributed by atoms with Crippen molar-refractivity contribution in [3.8, 4) is 0 Å². The second kappa shape index (κ2) is 9.53.